The zero-order valence-electron chi connectivity index (χ0n) is 14.9. The molecule has 2 heterocycles. The molecule has 2 fully saturated rings. The molecule has 2 rings (SSSR count). The number of rotatable bonds is 4. The SMILES string of the molecule is CC(C)CN=C(NCC1CCS(=O)(=O)C1)N1CCN(C)C(C#N)C1. The molecule has 136 valence electrons. The highest BCUT2D eigenvalue weighted by Crippen LogP contribution is 2.17. The van der Waals surface area contributed by atoms with Gasteiger partial charge in [0.1, 0.15) is 6.04 Å². The molecule has 0 saturated carbocycles. The Kier molecular flexibility index (Phi) is 6.47. The average Bonchev–Trinajstić information content (AvgIpc) is 2.87. The van der Waals surface area contributed by atoms with E-state index in [0.29, 0.717) is 24.8 Å². The molecule has 2 aliphatic rings. The summed E-state index contributed by atoms with van der Waals surface area (Å²) in [5.41, 5.74) is 0. The molecular weight excluding hydrogens is 326 g/mol. The fourth-order valence-electron chi connectivity index (χ4n) is 3.01. The Morgan fingerprint density at radius 3 is 2.75 bits per heavy atom. The summed E-state index contributed by atoms with van der Waals surface area (Å²) in [6, 6.07) is 2.19. The van der Waals surface area contributed by atoms with Crippen molar-refractivity contribution in [3.8, 4) is 6.07 Å². The zero-order valence-corrected chi connectivity index (χ0v) is 15.7. The third-order valence-electron chi connectivity index (χ3n) is 4.58. The highest BCUT2D eigenvalue weighted by molar-refractivity contribution is 7.91. The van der Waals surface area contributed by atoms with Gasteiger partial charge >= 0.3 is 0 Å². The number of nitrogens with zero attached hydrogens (tertiary/aromatic N) is 4. The topological polar surface area (TPSA) is 88.8 Å². The van der Waals surface area contributed by atoms with Crippen molar-refractivity contribution in [3.05, 3.63) is 0 Å². The molecule has 0 radical (unpaired) electrons. The van der Waals surface area contributed by atoms with Crippen molar-refractivity contribution in [1.29, 1.82) is 5.26 Å². The van der Waals surface area contributed by atoms with Crippen molar-refractivity contribution >= 4 is 15.8 Å². The summed E-state index contributed by atoms with van der Waals surface area (Å²) in [7, 11) is -0.892. The van der Waals surface area contributed by atoms with Crippen molar-refractivity contribution in [1.82, 2.24) is 15.1 Å². The van der Waals surface area contributed by atoms with Gasteiger partial charge in [0.15, 0.2) is 15.8 Å². The van der Waals surface area contributed by atoms with Gasteiger partial charge in [-0.1, -0.05) is 13.8 Å². The van der Waals surface area contributed by atoms with Crippen LogP contribution in [0.5, 0.6) is 0 Å². The van der Waals surface area contributed by atoms with E-state index >= 15 is 0 Å². The van der Waals surface area contributed by atoms with Gasteiger partial charge < -0.3 is 10.2 Å². The quantitative estimate of drug-likeness (QED) is 0.571. The van der Waals surface area contributed by atoms with E-state index in [9.17, 15) is 13.7 Å². The molecule has 1 N–H and O–H groups in total. The third kappa shape index (κ3) is 5.35. The number of nitriles is 1. The summed E-state index contributed by atoms with van der Waals surface area (Å²) in [5.74, 6) is 1.97. The Morgan fingerprint density at radius 1 is 1.42 bits per heavy atom. The van der Waals surface area contributed by atoms with E-state index in [1.54, 1.807) is 0 Å². The lowest BCUT2D eigenvalue weighted by molar-refractivity contribution is 0.171. The molecule has 0 aromatic carbocycles. The lowest BCUT2D eigenvalue weighted by atomic mass is 10.1. The summed E-state index contributed by atoms with van der Waals surface area (Å²) in [5, 5.41) is 12.7. The number of sulfone groups is 1. The Bertz CT molecular complexity index is 596. The number of nitrogens with one attached hydrogen (secondary N) is 1. The molecule has 0 amide bonds. The van der Waals surface area contributed by atoms with E-state index in [0.717, 1.165) is 32.0 Å². The maximum atomic E-state index is 11.6. The van der Waals surface area contributed by atoms with Gasteiger partial charge in [-0.05, 0) is 25.3 Å². The first-order valence-corrected chi connectivity index (χ1v) is 10.5. The monoisotopic (exact) mass is 355 g/mol. The van der Waals surface area contributed by atoms with Gasteiger partial charge in [-0.2, -0.15) is 5.26 Å². The second-order valence-electron chi connectivity index (χ2n) is 7.28. The standard InChI is InChI=1S/C16H29N5O2S/c1-13(2)9-18-16(19-10-14-4-7-24(22,23)12-14)21-6-5-20(3)15(8-17)11-21/h13-15H,4-7,9-12H2,1-3H3,(H,18,19). The third-order valence-corrected chi connectivity index (χ3v) is 6.42. The number of guanidine groups is 1. The number of hydrogen-bond acceptors (Lipinski definition) is 5. The number of hydrogen-bond donors (Lipinski definition) is 1. The predicted molar refractivity (Wildman–Crippen MR) is 95.5 cm³/mol. The van der Waals surface area contributed by atoms with E-state index in [-0.39, 0.29) is 17.7 Å². The number of aliphatic imine (C=N–C) groups is 1. The van der Waals surface area contributed by atoms with Crippen molar-refractivity contribution in [2.24, 2.45) is 16.8 Å². The molecule has 0 aromatic heterocycles. The van der Waals surface area contributed by atoms with Crippen LogP contribution in [0.4, 0.5) is 0 Å². The normalized spacial score (nSPS) is 28.1. The lowest BCUT2D eigenvalue weighted by Gasteiger charge is -2.38. The van der Waals surface area contributed by atoms with Crippen LogP contribution in [0, 0.1) is 23.2 Å². The maximum Gasteiger partial charge on any atom is 0.194 e. The zero-order chi connectivity index (χ0) is 17.7. The molecule has 8 heteroatoms. The molecule has 2 saturated heterocycles. The molecule has 24 heavy (non-hydrogen) atoms. The Labute approximate surface area is 145 Å². The summed E-state index contributed by atoms with van der Waals surface area (Å²) in [6.07, 6.45) is 0.719. The Balaban J connectivity index is 2.00. The molecule has 2 unspecified atom stereocenters. The van der Waals surface area contributed by atoms with Crippen LogP contribution < -0.4 is 5.32 Å². The van der Waals surface area contributed by atoms with E-state index < -0.39 is 9.84 Å². The van der Waals surface area contributed by atoms with Gasteiger partial charge in [-0.15, -0.1) is 0 Å². The summed E-state index contributed by atoms with van der Waals surface area (Å²) < 4.78 is 23.2. The molecular formula is C16H29N5O2S. The van der Waals surface area contributed by atoms with Crippen LogP contribution in [-0.4, -0.2) is 81.5 Å². The van der Waals surface area contributed by atoms with Crippen molar-refractivity contribution in [3.63, 3.8) is 0 Å². The van der Waals surface area contributed by atoms with E-state index in [1.165, 1.54) is 0 Å². The minimum absolute atomic E-state index is 0.142. The first kappa shape index (κ1) is 19.0. The summed E-state index contributed by atoms with van der Waals surface area (Å²) in [4.78, 5) is 8.87. The first-order chi connectivity index (χ1) is 11.3. The van der Waals surface area contributed by atoms with Crippen LogP contribution in [0.3, 0.4) is 0 Å². The molecule has 2 aliphatic heterocycles. The van der Waals surface area contributed by atoms with Crippen LogP contribution in [0.15, 0.2) is 4.99 Å². The van der Waals surface area contributed by atoms with Gasteiger partial charge in [-0.25, -0.2) is 8.42 Å². The lowest BCUT2D eigenvalue weighted by Crippen LogP contribution is -2.56. The average molecular weight is 356 g/mol. The van der Waals surface area contributed by atoms with Crippen LogP contribution in [-0.2, 0) is 9.84 Å². The van der Waals surface area contributed by atoms with Crippen LogP contribution in [0.2, 0.25) is 0 Å². The fraction of sp³-hybridized carbons (Fsp3) is 0.875. The predicted octanol–water partition coefficient (Wildman–Crippen LogP) is 0.162. The highest BCUT2D eigenvalue weighted by Gasteiger charge is 2.30. The largest absolute Gasteiger partial charge is 0.356 e. The van der Waals surface area contributed by atoms with Crippen LogP contribution in [0.1, 0.15) is 20.3 Å². The second-order valence-corrected chi connectivity index (χ2v) is 9.51. The molecule has 0 aliphatic carbocycles. The minimum Gasteiger partial charge on any atom is -0.356 e. The number of likely N-dealkylation sites (N-methyl/N-ethyl adjacent to an activating group) is 1. The van der Waals surface area contributed by atoms with Gasteiger partial charge in [0.2, 0.25) is 0 Å². The second kappa shape index (κ2) is 8.17. The molecule has 2 atom stereocenters. The Morgan fingerprint density at radius 2 is 2.17 bits per heavy atom. The van der Waals surface area contributed by atoms with Crippen molar-refractivity contribution in [2.45, 2.75) is 26.3 Å². The smallest absolute Gasteiger partial charge is 0.194 e. The molecule has 0 spiro atoms. The first-order valence-electron chi connectivity index (χ1n) is 8.64. The van der Waals surface area contributed by atoms with Gasteiger partial charge in [0, 0.05) is 32.7 Å². The molecule has 0 bridgehead atoms. The fourth-order valence-corrected chi connectivity index (χ4v) is 4.87. The summed E-state index contributed by atoms with van der Waals surface area (Å²) in [6.45, 7) is 7.84. The maximum absolute atomic E-state index is 11.6. The Hall–Kier alpha value is -1.33. The minimum atomic E-state index is -2.86. The number of piperazine rings is 1. The van der Waals surface area contributed by atoms with Gasteiger partial charge in [0.05, 0.1) is 17.6 Å². The molecule has 0 aromatic rings. The highest BCUT2D eigenvalue weighted by atomic mass is 32.2. The van der Waals surface area contributed by atoms with E-state index in [1.807, 2.05) is 7.05 Å². The van der Waals surface area contributed by atoms with Crippen LogP contribution >= 0.6 is 0 Å². The van der Waals surface area contributed by atoms with E-state index in [2.05, 4.69) is 35.0 Å². The van der Waals surface area contributed by atoms with E-state index in [4.69, 9.17) is 4.99 Å². The van der Waals surface area contributed by atoms with Gasteiger partial charge in [-0.3, -0.25) is 9.89 Å². The van der Waals surface area contributed by atoms with Crippen molar-refractivity contribution < 1.29 is 8.42 Å². The molecule has 7 nitrogen and oxygen atoms in total. The van der Waals surface area contributed by atoms with Gasteiger partial charge in [0.25, 0.3) is 0 Å². The van der Waals surface area contributed by atoms with Crippen molar-refractivity contribution in [2.75, 3.05) is 51.3 Å². The van der Waals surface area contributed by atoms with Crippen LogP contribution in [0.25, 0.3) is 0 Å². The summed E-state index contributed by atoms with van der Waals surface area (Å²) >= 11 is 0.